The van der Waals surface area contributed by atoms with Gasteiger partial charge in [0.25, 0.3) is 5.91 Å². The number of rotatable bonds is 5. The number of benzene rings is 1. The molecule has 0 aliphatic carbocycles. The lowest BCUT2D eigenvalue weighted by molar-refractivity contribution is 0.0568. The highest BCUT2D eigenvalue weighted by Crippen LogP contribution is 2.26. The zero-order chi connectivity index (χ0) is 17.3. The Labute approximate surface area is 135 Å². The number of hydrogen-bond donors (Lipinski definition) is 2. The van der Waals surface area contributed by atoms with E-state index >= 15 is 0 Å². The molecule has 7 nitrogen and oxygen atoms in total. The maximum atomic E-state index is 12.5. The maximum Gasteiger partial charge on any atom is 0.333 e. The lowest BCUT2D eigenvalue weighted by atomic mass is 10.1. The first-order chi connectivity index (χ1) is 11.4. The number of carbonyl (C=O) groups excluding carboxylic acids is 1. The Hall–Kier alpha value is -2.97. The summed E-state index contributed by atoms with van der Waals surface area (Å²) in [6.07, 6.45) is 2.52. The van der Waals surface area contributed by atoms with E-state index in [-0.39, 0.29) is 17.5 Å². The van der Waals surface area contributed by atoms with Crippen molar-refractivity contribution < 1.29 is 18.3 Å². The minimum Gasteiger partial charge on any atom is -0.490 e. The smallest absolute Gasteiger partial charge is 0.333 e. The Bertz CT molecular complexity index is 872. The van der Waals surface area contributed by atoms with E-state index in [1.165, 1.54) is 6.07 Å². The summed E-state index contributed by atoms with van der Waals surface area (Å²) in [7, 11) is 0. The molecule has 0 radical (unpaired) electrons. The van der Waals surface area contributed by atoms with Gasteiger partial charge in [-0.2, -0.15) is 19.0 Å². The number of aromatic nitrogens is 4. The maximum absolute atomic E-state index is 12.5. The van der Waals surface area contributed by atoms with Gasteiger partial charge in [0, 0.05) is 23.7 Å². The molecule has 126 valence electrons. The van der Waals surface area contributed by atoms with Gasteiger partial charge in [-0.1, -0.05) is 0 Å². The number of halogens is 2. The van der Waals surface area contributed by atoms with Crippen LogP contribution in [0.2, 0.25) is 0 Å². The summed E-state index contributed by atoms with van der Waals surface area (Å²) < 4.78 is 31.2. The predicted octanol–water partition coefficient (Wildman–Crippen LogP) is 3.19. The van der Waals surface area contributed by atoms with Crippen LogP contribution in [0.5, 0.6) is 5.75 Å². The van der Waals surface area contributed by atoms with Crippen LogP contribution in [0.25, 0.3) is 10.9 Å². The second kappa shape index (κ2) is 6.26. The fourth-order valence-electron chi connectivity index (χ4n) is 2.20. The molecule has 2 N–H and O–H groups in total. The van der Waals surface area contributed by atoms with Crippen molar-refractivity contribution in [3.05, 3.63) is 36.2 Å². The molecule has 9 heteroatoms. The summed E-state index contributed by atoms with van der Waals surface area (Å²) in [6.45, 7) is 0.907. The first kappa shape index (κ1) is 15.9. The lowest BCUT2D eigenvalue weighted by Gasteiger charge is -2.14. The van der Waals surface area contributed by atoms with Gasteiger partial charge >= 0.3 is 6.55 Å². The molecule has 1 aromatic carbocycles. The van der Waals surface area contributed by atoms with Gasteiger partial charge in [0.1, 0.15) is 5.75 Å². The third kappa shape index (κ3) is 3.19. The Kier molecular flexibility index (Phi) is 4.15. The largest absolute Gasteiger partial charge is 0.490 e. The van der Waals surface area contributed by atoms with E-state index in [1.807, 2.05) is 13.8 Å². The summed E-state index contributed by atoms with van der Waals surface area (Å²) in [5, 5.41) is 13.5. The number of fused-ring (bicyclic) bond motifs is 1. The Morgan fingerprint density at radius 3 is 2.83 bits per heavy atom. The summed E-state index contributed by atoms with van der Waals surface area (Å²) >= 11 is 0. The fraction of sp³-hybridized carbons (Fsp3) is 0.267. The van der Waals surface area contributed by atoms with E-state index in [0.717, 1.165) is 17.1 Å². The lowest BCUT2D eigenvalue weighted by Crippen LogP contribution is -2.16. The minimum absolute atomic E-state index is 0.0306. The van der Waals surface area contributed by atoms with Crippen molar-refractivity contribution in [2.45, 2.75) is 26.5 Å². The Balaban J connectivity index is 1.91. The minimum atomic E-state index is -2.77. The first-order valence-corrected chi connectivity index (χ1v) is 7.22. The third-order valence-electron chi connectivity index (χ3n) is 3.20. The van der Waals surface area contributed by atoms with Crippen LogP contribution in [0, 0.1) is 0 Å². The third-order valence-corrected chi connectivity index (χ3v) is 3.20. The summed E-state index contributed by atoms with van der Waals surface area (Å²) in [4.78, 5) is 12.5. The van der Waals surface area contributed by atoms with Crippen molar-refractivity contribution in [2.24, 2.45) is 0 Å². The molecule has 3 aromatic rings. The molecular formula is C15H15F2N5O2. The number of carbonyl (C=O) groups is 1. The van der Waals surface area contributed by atoms with Crippen LogP contribution in [-0.2, 0) is 0 Å². The second-order valence-corrected chi connectivity index (χ2v) is 5.38. The molecule has 3 rings (SSSR count). The van der Waals surface area contributed by atoms with Crippen molar-refractivity contribution in [2.75, 3.05) is 5.32 Å². The number of anilines is 1. The van der Waals surface area contributed by atoms with Crippen LogP contribution in [0.15, 0.2) is 30.6 Å². The standard InChI is InChI=1S/C15H15F2N5O2/c1-8(2)24-12-6-11-9(7-18-20-11)5-10(12)14(23)19-13-3-4-22(21-13)15(16)17/h3-8,15H,1-2H3,(H,18,20)(H,19,21,23). The van der Waals surface area contributed by atoms with Gasteiger partial charge < -0.3 is 10.1 Å². The Morgan fingerprint density at radius 2 is 2.17 bits per heavy atom. The van der Waals surface area contributed by atoms with Gasteiger partial charge in [0.05, 0.1) is 23.4 Å². The number of H-pyrrole nitrogens is 1. The van der Waals surface area contributed by atoms with E-state index in [0.29, 0.717) is 10.4 Å². The average Bonchev–Trinajstić information content (AvgIpc) is 3.14. The van der Waals surface area contributed by atoms with Crippen LogP contribution in [-0.4, -0.2) is 32.0 Å². The van der Waals surface area contributed by atoms with Crippen molar-refractivity contribution >= 4 is 22.6 Å². The zero-order valence-electron chi connectivity index (χ0n) is 13.0. The van der Waals surface area contributed by atoms with E-state index in [1.54, 1.807) is 18.3 Å². The van der Waals surface area contributed by atoms with Gasteiger partial charge in [0.15, 0.2) is 5.82 Å². The van der Waals surface area contributed by atoms with Gasteiger partial charge in [-0.25, -0.2) is 4.68 Å². The molecule has 0 aliphatic rings. The first-order valence-electron chi connectivity index (χ1n) is 7.22. The van der Waals surface area contributed by atoms with E-state index in [9.17, 15) is 13.6 Å². The fourth-order valence-corrected chi connectivity index (χ4v) is 2.20. The Morgan fingerprint density at radius 1 is 1.38 bits per heavy atom. The number of hydrogen-bond acceptors (Lipinski definition) is 4. The van der Waals surface area contributed by atoms with Crippen LogP contribution in [0.3, 0.4) is 0 Å². The number of ether oxygens (including phenoxy) is 1. The molecule has 2 heterocycles. The summed E-state index contributed by atoms with van der Waals surface area (Å²) in [5.74, 6) is -0.108. The van der Waals surface area contributed by atoms with Gasteiger partial charge in [-0.3, -0.25) is 9.89 Å². The van der Waals surface area contributed by atoms with Gasteiger partial charge in [-0.15, -0.1) is 0 Å². The van der Waals surface area contributed by atoms with E-state index in [4.69, 9.17) is 4.74 Å². The molecule has 1 amide bonds. The van der Waals surface area contributed by atoms with E-state index < -0.39 is 12.5 Å². The molecule has 0 unspecified atom stereocenters. The summed E-state index contributed by atoms with van der Waals surface area (Å²) in [5.41, 5.74) is 0.994. The molecule has 0 fully saturated rings. The van der Waals surface area contributed by atoms with Crippen molar-refractivity contribution in [1.82, 2.24) is 20.0 Å². The van der Waals surface area contributed by atoms with E-state index in [2.05, 4.69) is 20.6 Å². The number of nitrogens with zero attached hydrogens (tertiary/aromatic N) is 3. The summed E-state index contributed by atoms with van der Waals surface area (Å²) in [6, 6.07) is 4.59. The monoisotopic (exact) mass is 335 g/mol. The van der Waals surface area contributed by atoms with Gasteiger partial charge in [0.2, 0.25) is 0 Å². The highest BCUT2D eigenvalue weighted by Gasteiger charge is 2.18. The molecule has 0 bridgehead atoms. The number of alkyl halides is 2. The SMILES string of the molecule is CC(C)Oc1cc2[nH]ncc2cc1C(=O)Nc1ccn(C(F)F)n1. The zero-order valence-corrected chi connectivity index (χ0v) is 13.0. The van der Waals surface area contributed by atoms with Crippen LogP contribution in [0.4, 0.5) is 14.6 Å². The molecule has 0 atom stereocenters. The highest BCUT2D eigenvalue weighted by molar-refractivity contribution is 6.08. The van der Waals surface area contributed by atoms with Crippen LogP contribution >= 0.6 is 0 Å². The highest BCUT2D eigenvalue weighted by atomic mass is 19.3. The molecule has 0 saturated heterocycles. The van der Waals surface area contributed by atoms with Crippen LogP contribution < -0.4 is 10.1 Å². The molecular weight excluding hydrogens is 320 g/mol. The quantitative estimate of drug-likeness (QED) is 0.750. The van der Waals surface area contributed by atoms with Crippen molar-refractivity contribution in [3.8, 4) is 5.75 Å². The number of nitrogens with one attached hydrogen (secondary N) is 2. The van der Waals surface area contributed by atoms with Crippen molar-refractivity contribution in [1.29, 1.82) is 0 Å². The molecule has 0 saturated carbocycles. The van der Waals surface area contributed by atoms with Gasteiger partial charge in [-0.05, 0) is 19.9 Å². The predicted molar refractivity (Wildman–Crippen MR) is 83.3 cm³/mol. The van der Waals surface area contributed by atoms with Crippen molar-refractivity contribution in [3.63, 3.8) is 0 Å². The normalized spacial score (nSPS) is 11.4. The number of amides is 1. The topological polar surface area (TPSA) is 84.8 Å². The molecule has 2 aromatic heterocycles. The number of aromatic amines is 1. The molecule has 0 spiro atoms. The average molecular weight is 335 g/mol. The second-order valence-electron chi connectivity index (χ2n) is 5.38. The van der Waals surface area contributed by atoms with Crippen LogP contribution in [0.1, 0.15) is 30.8 Å². The molecule has 0 aliphatic heterocycles. The molecule has 24 heavy (non-hydrogen) atoms.